The minimum absolute atomic E-state index is 0.121. The largest absolute Gasteiger partial charge is 0.493 e. The first kappa shape index (κ1) is 25.5. The molecule has 0 fully saturated rings. The van der Waals surface area contributed by atoms with Gasteiger partial charge in [-0.3, -0.25) is 4.79 Å². The minimum Gasteiger partial charge on any atom is -0.493 e. The first-order chi connectivity index (χ1) is 16.0. The highest BCUT2D eigenvalue weighted by Gasteiger charge is 2.16. The van der Waals surface area contributed by atoms with Gasteiger partial charge < -0.3 is 19.5 Å². The molecule has 0 radical (unpaired) electrons. The minimum atomic E-state index is -0.635. The molecule has 0 aliphatic rings. The second-order valence-electron chi connectivity index (χ2n) is 7.21. The van der Waals surface area contributed by atoms with Gasteiger partial charge in [-0.1, -0.05) is 44.4 Å². The molecule has 2 aromatic rings. The van der Waals surface area contributed by atoms with E-state index in [0.717, 1.165) is 19.3 Å². The summed E-state index contributed by atoms with van der Waals surface area (Å²) in [5.74, 6) is -0.0579. The van der Waals surface area contributed by atoms with E-state index in [1.165, 1.54) is 19.6 Å². The van der Waals surface area contributed by atoms with E-state index in [0.29, 0.717) is 23.7 Å². The summed E-state index contributed by atoms with van der Waals surface area (Å²) in [5, 5.41) is 12.2. The van der Waals surface area contributed by atoms with E-state index in [1.54, 1.807) is 49.4 Å². The number of nitrogens with one attached hydrogen (secondary N) is 1. The number of hydrogen-bond acceptors (Lipinski definition) is 6. The van der Waals surface area contributed by atoms with E-state index >= 15 is 0 Å². The number of methoxy groups -OCH3 is 1. The number of benzene rings is 2. The smallest absolute Gasteiger partial charge is 0.340 e. The second-order valence-corrected chi connectivity index (χ2v) is 7.21. The van der Waals surface area contributed by atoms with Crippen LogP contribution in [0.3, 0.4) is 0 Å². The highest BCUT2D eigenvalue weighted by atomic mass is 16.5. The Bertz CT molecular complexity index is 1020. The molecule has 1 amide bonds. The Morgan fingerprint density at radius 1 is 1.06 bits per heavy atom. The van der Waals surface area contributed by atoms with Gasteiger partial charge in [0.15, 0.2) is 11.5 Å². The first-order valence-electron chi connectivity index (χ1n) is 11.0. The quantitative estimate of drug-likeness (QED) is 0.202. The van der Waals surface area contributed by atoms with Crippen LogP contribution in [0.2, 0.25) is 0 Å². The Hall–Kier alpha value is -3.79. The molecule has 2 rings (SSSR count). The van der Waals surface area contributed by atoms with Crippen LogP contribution in [0, 0.1) is 11.3 Å². The van der Waals surface area contributed by atoms with Crippen LogP contribution in [0.1, 0.15) is 55.5 Å². The summed E-state index contributed by atoms with van der Waals surface area (Å²) >= 11 is 0. The Morgan fingerprint density at radius 3 is 2.55 bits per heavy atom. The van der Waals surface area contributed by atoms with Crippen LogP contribution in [0.25, 0.3) is 6.08 Å². The number of anilines is 1. The summed E-state index contributed by atoms with van der Waals surface area (Å²) in [4.78, 5) is 24.8. The van der Waals surface area contributed by atoms with Crippen LogP contribution in [-0.4, -0.2) is 32.2 Å². The third-order valence-electron chi connectivity index (χ3n) is 4.79. The van der Waals surface area contributed by atoms with Crippen molar-refractivity contribution in [2.24, 2.45) is 0 Å². The molecule has 0 heterocycles. The molecule has 0 aromatic heterocycles. The van der Waals surface area contributed by atoms with E-state index in [2.05, 4.69) is 12.2 Å². The molecule has 2 aromatic carbocycles. The van der Waals surface area contributed by atoms with Crippen molar-refractivity contribution >= 4 is 23.6 Å². The molecule has 1 N–H and O–H groups in total. The van der Waals surface area contributed by atoms with E-state index in [4.69, 9.17) is 14.2 Å². The highest BCUT2D eigenvalue weighted by molar-refractivity contribution is 6.12. The number of amides is 1. The van der Waals surface area contributed by atoms with Crippen LogP contribution in [-0.2, 0) is 9.53 Å². The highest BCUT2D eigenvalue weighted by Crippen LogP contribution is 2.29. The van der Waals surface area contributed by atoms with Gasteiger partial charge in [-0.15, -0.1) is 0 Å². The predicted molar refractivity (Wildman–Crippen MR) is 127 cm³/mol. The van der Waals surface area contributed by atoms with Crippen LogP contribution in [0.5, 0.6) is 11.5 Å². The summed E-state index contributed by atoms with van der Waals surface area (Å²) < 4.78 is 16.2. The lowest BCUT2D eigenvalue weighted by Crippen LogP contribution is -2.17. The lowest BCUT2D eigenvalue weighted by Gasteiger charge is -2.12. The molecule has 174 valence electrons. The van der Waals surface area contributed by atoms with Crippen molar-refractivity contribution in [1.82, 2.24) is 0 Å². The van der Waals surface area contributed by atoms with Gasteiger partial charge in [-0.25, -0.2) is 4.79 Å². The Balaban J connectivity index is 2.16. The lowest BCUT2D eigenvalue weighted by molar-refractivity contribution is -0.112. The van der Waals surface area contributed by atoms with Crippen LogP contribution >= 0.6 is 0 Å². The molecular formula is C26H30N2O5. The first-order valence-corrected chi connectivity index (χ1v) is 11.0. The van der Waals surface area contributed by atoms with Crippen molar-refractivity contribution in [2.75, 3.05) is 25.6 Å². The average molecular weight is 451 g/mol. The summed E-state index contributed by atoms with van der Waals surface area (Å²) in [6.07, 6.45) is 5.86. The number of unbranched alkanes of at least 4 members (excludes halogenated alkanes) is 3. The maximum absolute atomic E-state index is 12.7. The van der Waals surface area contributed by atoms with Gasteiger partial charge in [0, 0.05) is 0 Å². The molecule has 0 saturated carbocycles. The van der Waals surface area contributed by atoms with E-state index < -0.39 is 11.9 Å². The van der Waals surface area contributed by atoms with Crippen molar-refractivity contribution in [3.63, 3.8) is 0 Å². The third kappa shape index (κ3) is 7.69. The maximum Gasteiger partial charge on any atom is 0.340 e. The average Bonchev–Trinajstić information content (AvgIpc) is 2.83. The molecule has 0 bridgehead atoms. The number of carbonyl (C=O) groups is 2. The zero-order valence-corrected chi connectivity index (χ0v) is 19.3. The van der Waals surface area contributed by atoms with Gasteiger partial charge >= 0.3 is 5.97 Å². The Labute approximate surface area is 195 Å². The van der Waals surface area contributed by atoms with E-state index in [9.17, 15) is 14.9 Å². The van der Waals surface area contributed by atoms with Crippen molar-refractivity contribution in [2.45, 2.75) is 39.5 Å². The summed E-state index contributed by atoms with van der Waals surface area (Å²) in [5.41, 5.74) is 0.970. The lowest BCUT2D eigenvalue weighted by atomic mass is 10.1. The molecule has 0 spiro atoms. The molecule has 33 heavy (non-hydrogen) atoms. The molecule has 0 atom stereocenters. The van der Waals surface area contributed by atoms with Crippen molar-refractivity contribution in [3.05, 3.63) is 59.2 Å². The topological polar surface area (TPSA) is 97.7 Å². The Kier molecular flexibility index (Phi) is 10.5. The molecule has 0 aliphatic heterocycles. The number of hydrogen-bond donors (Lipinski definition) is 1. The fraction of sp³-hybridized carbons (Fsp3) is 0.346. The van der Waals surface area contributed by atoms with Crippen LogP contribution in [0.15, 0.2) is 48.0 Å². The van der Waals surface area contributed by atoms with Crippen molar-refractivity contribution in [1.29, 1.82) is 5.26 Å². The zero-order valence-electron chi connectivity index (χ0n) is 19.3. The standard InChI is InChI=1S/C26H30N2O5/c1-4-6-7-10-15-33-23-14-13-19(17-24(23)31-3)16-20(18-27)25(29)28-22-12-9-8-11-21(22)26(30)32-5-2/h8-9,11-14,16-17H,4-7,10,15H2,1-3H3,(H,28,29)/b20-16+. The summed E-state index contributed by atoms with van der Waals surface area (Å²) in [7, 11) is 1.54. The predicted octanol–water partition coefficient (Wildman–Crippen LogP) is 5.38. The normalized spacial score (nSPS) is 10.8. The van der Waals surface area contributed by atoms with Crippen molar-refractivity contribution < 1.29 is 23.8 Å². The fourth-order valence-electron chi connectivity index (χ4n) is 3.09. The summed E-state index contributed by atoms with van der Waals surface area (Å²) in [6.45, 7) is 4.67. The van der Waals surface area contributed by atoms with Gasteiger partial charge in [-0.05, 0) is 49.2 Å². The number of carbonyl (C=O) groups excluding carboxylic acids is 2. The number of ether oxygens (including phenoxy) is 3. The molecule has 7 nitrogen and oxygen atoms in total. The maximum atomic E-state index is 12.7. The monoisotopic (exact) mass is 450 g/mol. The summed E-state index contributed by atoms with van der Waals surface area (Å²) in [6, 6.07) is 13.6. The van der Waals surface area contributed by atoms with Crippen LogP contribution < -0.4 is 14.8 Å². The van der Waals surface area contributed by atoms with E-state index in [1.807, 2.05) is 6.07 Å². The van der Waals surface area contributed by atoms with Gasteiger partial charge in [0.25, 0.3) is 5.91 Å². The van der Waals surface area contributed by atoms with Gasteiger partial charge in [0.1, 0.15) is 11.6 Å². The fourth-order valence-corrected chi connectivity index (χ4v) is 3.09. The van der Waals surface area contributed by atoms with E-state index in [-0.39, 0.29) is 23.4 Å². The SMILES string of the molecule is CCCCCCOc1ccc(/C=C(\C#N)C(=O)Nc2ccccc2C(=O)OCC)cc1OC. The number of rotatable bonds is 12. The molecule has 0 aliphatic carbocycles. The Morgan fingerprint density at radius 2 is 1.85 bits per heavy atom. The van der Waals surface area contributed by atoms with Gasteiger partial charge in [-0.2, -0.15) is 5.26 Å². The molecule has 7 heteroatoms. The van der Waals surface area contributed by atoms with Crippen LogP contribution in [0.4, 0.5) is 5.69 Å². The molecular weight excluding hydrogens is 420 g/mol. The second kappa shape index (κ2) is 13.6. The number of esters is 1. The molecule has 0 saturated heterocycles. The zero-order chi connectivity index (χ0) is 24.1. The number of para-hydroxylation sites is 1. The number of nitriles is 1. The number of nitrogens with zero attached hydrogens (tertiary/aromatic N) is 1. The van der Waals surface area contributed by atoms with Gasteiger partial charge in [0.2, 0.25) is 0 Å². The molecule has 0 unspecified atom stereocenters. The third-order valence-corrected chi connectivity index (χ3v) is 4.79. The van der Waals surface area contributed by atoms with Gasteiger partial charge in [0.05, 0.1) is 31.6 Å². The van der Waals surface area contributed by atoms with Crippen molar-refractivity contribution in [3.8, 4) is 17.6 Å².